The minimum Gasteiger partial charge on any atom is -0.338 e. The summed E-state index contributed by atoms with van der Waals surface area (Å²) in [4.78, 5) is 40.1. The molecule has 0 unspecified atom stereocenters. The van der Waals surface area contributed by atoms with E-state index in [1.54, 1.807) is 9.80 Å². The fourth-order valence-corrected chi connectivity index (χ4v) is 2.70. The van der Waals surface area contributed by atoms with Crippen LogP contribution in [0.5, 0.6) is 0 Å². The van der Waals surface area contributed by atoms with Crippen LogP contribution in [0.15, 0.2) is 18.2 Å². The number of piperazine rings is 1. The number of hydrogen-bond donors (Lipinski definition) is 0. The second-order valence-corrected chi connectivity index (χ2v) is 6.27. The van der Waals surface area contributed by atoms with Gasteiger partial charge in [0.15, 0.2) is 0 Å². The molecule has 8 nitrogen and oxygen atoms in total. The van der Waals surface area contributed by atoms with Crippen molar-refractivity contribution in [3.8, 4) is 0 Å². The number of amides is 2. The summed E-state index contributed by atoms with van der Waals surface area (Å²) in [6.45, 7) is 1.84. The number of benzene rings is 1. The fourth-order valence-electron chi connectivity index (χ4n) is 2.54. The van der Waals surface area contributed by atoms with E-state index in [0.717, 1.165) is 0 Å². The van der Waals surface area contributed by atoms with Gasteiger partial charge in [-0.15, -0.1) is 0 Å². The number of carbonyl (C=O) groups excluding carboxylic acids is 2. The average molecular weight is 355 g/mol. The maximum Gasteiger partial charge on any atom is 0.283 e. The predicted molar refractivity (Wildman–Crippen MR) is 89.1 cm³/mol. The molecule has 1 aliphatic rings. The van der Waals surface area contributed by atoms with Crippen LogP contribution in [0, 0.1) is 10.1 Å². The molecule has 1 aliphatic heterocycles. The molecule has 1 aromatic rings. The van der Waals surface area contributed by atoms with E-state index in [0.29, 0.717) is 32.7 Å². The van der Waals surface area contributed by atoms with Gasteiger partial charge in [0.1, 0.15) is 5.56 Å². The molecule has 1 saturated heterocycles. The molecule has 1 aromatic carbocycles. The Bertz CT molecular complexity index is 657. The summed E-state index contributed by atoms with van der Waals surface area (Å²) in [6.07, 6.45) is 0. The number of halogens is 1. The van der Waals surface area contributed by atoms with E-state index in [1.165, 1.54) is 23.1 Å². The van der Waals surface area contributed by atoms with Crippen molar-refractivity contribution in [2.45, 2.75) is 0 Å². The molecule has 1 heterocycles. The molecular weight excluding hydrogens is 336 g/mol. The SMILES string of the molecule is CN(C)CC(=O)N1CCN(C(=O)c2ccc(Cl)cc2[N+](=O)[O-])CC1. The van der Waals surface area contributed by atoms with Gasteiger partial charge in [-0.05, 0) is 26.2 Å². The third kappa shape index (κ3) is 4.21. The zero-order chi connectivity index (χ0) is 17.9. The van der Waals surface area contributed by atoms with Crippen molar-refractivity contribution in [2.24, 2.45) is 0 Å². The van der Waals surface area contributed by atoms with Crippen molar-refractivity contribution in [1.82, 2.24) is 14.7 Å². The van der Waals surface area contributed by atoms with E-state index in [9.17, 15) is 19.7 Å². The number of rotatable bonds is 4. The maximum atomic E-state index is 12.6. The second kappa shape index (κ2) is 7.59. The average Bonchev–Trinajstić information content (AvgIpc) is 2.53. The van der Waals surface area contributed by atoms with E-state index in [1.807, 2.05) is 14.1 Å². The standard InChI is InChI=1S/C15H19ClN4O4/c1-17(2)10-14(21)18-5-7-19(8-6-18)15(22)12-4-3-11(16)9-13(12)20(23)24/h3-4,9H,5-8,10H2,1-2H3. The lowest BCUT2D eigenvalue weighted by atomic mass is 10.1. The quantitative estimate of drug-likeness (QED) is 0.596. The first kappa shape index (κ1) is 18.2. The molecule has 24 heavy (non-hydrogen) atoms. The summed E-state index contributed by atoms with van der Waals surface area (Å²) in [5, 5.41) is 11.3. The molecule has 9 heteroatoms. The Hall–Kier alpha value is -2.19. The Morgan fingerprint density at radius 1 is 1.21 bits per heavy atom. The molecule has 130 valence electrons. The molecule has 0 aromatic heterocycles. The Morgan fingerprint density at radius 3 is 2.33 bits per heavy atom. The van der Waals surface area contributed by atoms with Crippen LogP contribution in [0.4, 0.5) is 5.69 Å². The van der Waals surface area contributed by atoms with Crippen LogP contribution < -0.4 is 0 Å². The lowest BCUT2D eigenvalue weighted by Gasteiger charge is -2.35. The number of likely N-dealkylation sites (N-methyl/N-ethyl adjacent to an activating group) is 1. The van der Waals surface area contributed by atoms with Crippen molar-refractivity contribution in [3.63, 3.8) is 0 Å². The molecular formula is C15H19ClN4O4. The normalized spacial score (nSPS) is 14.8. The van der Waals surface area contributed by atoms with Crippen molar-refractivity contribution in [2.75, 3.05) is 46.8 Å². The smallest absolute Gasteiger partial charge is 0.283 e. The first-order valence-corrected chi connectivity index (χ1v) is 7.83. The van der Waals surface area contributed by atoms with Crippen LogP contribution in [-0.4, -0.2) is 78.3 Å². The highest BCUT2D eigenvalue weighted by Gasteiger charge is 2.29. The van der Waals surface area contributed by atoms with Crippen LogP contribution in [0.25, 0.3) is 0 Å². The Balaban J connectivity index is 2.06. The summed E-state index contributed by atoms with van der Waals surface area (Å²) in [5.41, 5.74) is -0.295. The lowest BCUT2D eigenvalue weighted by Crippen LogP contribution is -2.52. The van der Waals surface area contributed by atoms with E-state index in [4.69, 9.17) is 11.6 Å². The van der Waals surface area contributed by atoms with Crippen molar-refractivity contribution in [3.05, 3.63) is 38.9 Å². The van der Waals surface area contributed by atoms with Crippen molar-refractivity contribution < 1.29 is 14.5 Å². The molecule has 1 fully saturated rings. The third-order valence-corrected chi connectivity index (χ3v) is 3.99. The molecule has 2 rings (SSSR count). The first-order chi connectivity index (χ1) is 11.3. The topological polar surface area (TPSA) is 87.0 Å². The Labute approximate surface area is 144 Å². The number of nitro benzene ring substituents is 1. The van der Waals surface area contributed by atoms with Gasteiger partial charge in [0.05, 0.1) is 11.5 Å². The highest BCUT2D eigenvalue weighted by atomic mass is 35.5. The summed E-state index contributed by atoms with van der Waals surface area (Å²) in [6, 6.07) is 4.00. The highest BCUT2D eigenvalue weighted by molar-refractivity contribution is 6.31. The van der Waals surface area contributed by atoms with Gasteiger partial charge in [0.25, 0.3) is 11.6 Å². The van der Waals surface area contributed by atoms with Crippen LogP contribution in [-0.2, 0) is 4.79 Å². The molecule has 0 saturated carbocycles. The van der Waals surface area contributed by atoms with E-state index >= 15 is 0 Å². The minimum atomic E-state index is -0.615. The van der Waals surface area contributed by atoms with Crippen molar-refractivity contribution in [1.29, 1.82) is 0 Å². The maximum absolute atomic E-state index is 12.6. The monoisotopic (exact) mass is 354 g/mol. The lowest BCUT2D eigenvalue weighted by molar-refractivity contribution is -0.385. The van der Waals surface area contributed by atoms with Gasteiger partial charge in [0.2, 0.25) is 5.91 Å². The Morgan fingerprint density at radius 2 is 1.79 bits per heavy atom. The van der Waals surface area contributed by atoms with Gasteiger partial charge in [-0.2, -0.15) is 0 Å². The van der Waals surface area contributed by atoms with Gasteiger partial charge in [-0.1, -0.05) is 11.6 Å². The zero-order valence-electron chi connectivity index (χ0n) is 13.6. The van der Waals surface area contributed by atoms with E-state index < -0.39 is 10.8 Å². The Kier molecular flexibility index (Phi) is 5.74. The van der Waals surface area contributed by atoms with Crippen LogP contribution in [0.3, 0.4) is 0 Å². The van der Waals surface area contributed by atoms with Gasteiger partial charge in [0, 0.05) is 37.3 Å². The minimum absolute atomic E-state index is 0.00423. The molecule has 0 atom stereocenters. The molecule has 0 aliphatic carbocycles. The molecule has 0 spiro atoms. The van der Waals surface area contributed by atoms with Crippen LogP contribution >= 0.6 is 11.6 Å². The van der Waals surface area contributed by atoms with Crippen molar-refractivity contribution >= 4 is 29.1 Å². The number of nitrogens with zero attached hydrogens (tertiary/aromatic N) is 4. The number of nitro groups is 1. The summed E-state index contributed by atoms with van der Waals surface area (Å²) < 4.78 is 0. The third-order valence-electron chi connectivity index (χ3n) is 3.76. The van der Waals surface area contributed by atoms with Gasteiger partial charge < -0.3 is 14.7 Å². The van der Waals surface area contributed by atoms with Crippen LogP contribution in [0.1, 0.15) is 10.4 Å². The van der Waals surface area contributed by atoms with Gasteiger partial charge in [-0.3, -0.25) is 19.7 Å². The predicted octanol–water partition coefficient (Wildman–Crippen LogP) is 1.09. The highest BCUT2D eigenvalue weighted by Crippen LogP contribution is 2.25. The molecule has 0 N–H and O–H groups in total. The second-order valence-electron chi connectivity index (χ2n) is 5.83. The van der Waals surface area contributed by atoms with E-state index in [-0.39, 0.29) is 22.2 Å². The molecule has 0 radical (unpaired) electrons. The molecule has 2 amide bonds. The fraction of sp³-hybridized carbons (Fsp3) is 0.467. The van der Waals surface area contributed by atoms with E-state index in [2.05, 4.69) is 0 Å². The van der Waals surface area contributed by atoms with Gasteiger partial charge in [-0.25, -0.2) is 0 Å². The largest absolute Gasteiger partial charge is 0.338 e. The summed E-state index contributed by atoms with van der Waals surface area (Å²) in [7, 11) is 3.63. The first-order valence-electron chi connectivity index (χ1n) is 7.45. The zero-order valence-corrected chi connectivity index (χ0v) is 14.3. The number of hydrogen-bond acceptors (Lipinski definition) is 5. The number of carbonyl (C=O) groups is 2. The summed E-state index contributed by atoms with van der Waals surface area (Å²) >= 11 is 5.77. The molecule has 0 bridgehead atoms. The summed E-state index contributed by atoms with van der Waals surface area (Å²) in [5.74, 6) is -0.414. The van der Waals surface area contributed by atoms with Crippen LogP contribution in [0.2, 0.25) is 5.02 Å². The van der Waals surface area contributed by atoms with Gasteiger partial charge >= 0.3 is 0 Å².